The van der Waals surface area contributed by atoms with Crippen LogP contribution in [0.25, 0.3) is 0 Å². The highest BCUT2D eigenvalue weighted by molar-refractivity contribution is 7.89. The van der Waals surface area contributed by atoms with Crippen LogP contribution in [0, 0.1) is 12.8 Å². The van der Waals surface area contributed by atoms with Gasteiger partial charge in [-0.25, -0.2) is 13.1 Å². The summed E-state index contributed by atoms with van der Waals surface area (Å²) in [6.07, 6.45) is 0.816. The topological polar surface area (TPSA) is 81.4 Å². The molecule has 2 fully saturated rings. The van der Waals surface area contributed by atoms with Crippen LogP contribution in [0.3, 0.4) is 0 Å². The number of fused-ring (bicyclic) bond motifs is 1. The van der Waals surface area contributed by atoms with E-state index in [1.807, 2.05) is 0 Å². The van der Waals surface area contributed by atoms with Crippen molar-refractivity contribution in [3.8, 4) is 0 Å². The second-order valence-electron chi connectivity index (χ2n) is 5.42. The highest BCUT2D eigenvalue weighted by Crippen LogP contribution is 2.38. The Morgan fingerprint density at radius 2 is 2.20 bits per heavy atom. The monoisotopic (exact) mass is 316 g/mol. The summed E-state index contributed by atoms with van der Waals surface area (Å²) in [6.45, 7) is 2.37. The fourth-order valence-corrected chi connectivity index (χ4v) is 4.79. The molecule has 20 heavy (non-hydrogen) atoms. The van der Waals surface area contributed by atoms with E-state index in [2.05, 4.69) is 4.72 Å². The van der Waals surface area contributed by atoms with E-state index in [0.29, 0.717) is 17.2 Å². The summed E-state index contributed by atoms with van der Waals surface area (Å²) in [5.74, 6) is 0.272. The number of ether oxygens (including phenoxy) is 1. The molecule has 1 saturated carbocycles. The van der Waals surface area contributed by atoms with Gasteiger partial charge in [-0.05, 0) is 37.1 Å². The van der Waals surface area contributed by atoms with Gasteiger partial charge in [0.1, 0.15) is 0 Å². The highest BCUT2D eigenvalue weighted by atomic mass is 35.5. The lowest BCUT2D eigenvalue weighted by Gasteiger charge is -2.45. The molecule has 1 aromatic rings. The molecule has 1 saturated heterocycles. The molecule has 5 nitrogen and oxygen atoms in total. The minimum atomic E-state index is -3.61. The Hall–Kier alpha value is -0.660. The summed E-state index contributed by atoms with van der Waals surface area (Å²) in [4.78, 5) is 0.232. The Labute approximate surface area is 123 Å². The highest BCUT2D eigenvalue weighted by Gasteiger charge is 2.53. The molecule has 3 N–H and O–H groups in total. The average Bonchev–Trinajstić information content (AvgIpc) is 2.80. The molecule has 0 amide bonds. The molecule has 2 aliphatic rings. The summed E-state index contributed by atoms with van der Waals surface area (Å²) in [5, 5.41) is 0.515. The van der Waals surface area contributed by atoms with Crippen molar-refractivity contribution >= 4 is 21.6 Å². The number of nitrogens with one attached hydrogen (secondary N) is 1. The van der Waals surface area contributed by atoms with Crippen LogP contribution in [-0.4, -0.2) is 33.2 Å². The molecule has 3 rings (SSSR count). The average molecular weight is 317 g/mol. The number of aryl methyl sites for hydroxylation is 1. The maximum atomic E-state index is 12.4. The van der Waals surface area contributed by atoms with Crippen LogP contribution in [0.5, 0.6) is 0 Å². The molecule has 0 aromatic heterocycles. The van der Waals surface area contributed by atoms with Crippen molar-refractivity contribution in [2.45, 2.75) is 36.4 Å². The third-order valence-corrected chi connectivity index (χ3v) is 6.02. The van der Waals surface area contributed by atoms with Crippen molar-refractivity contribution in [1.29, 1.82) is 0 Å². The van der Waals surface area contributed by atoms with E-state index in [-0.39, 0.29) is 29.0 Å². The van der Waals surface area contributed by atoms with Gasteiger partial charge in [0.05, 0.1) is 17.0 Å². The predicted molar refractivity (Wildman–Crippen MR) is 76.1 cm³/mol. The molecule has 0 spiro atoms. The van der Waals surface area contributed by atoms with Gasteiger partial charge in [0, 0.05) is 23.6 Å². The van der Waals surface area contributed by atoms with Gasteiger partial charge in [0.25, 0.3) is 0 Å². The van der Waals surface area contributed by atoms with Crippen molar-refractivity contribution in [2.24, 2.45) is 11.7 Å². The normalized spacial score (nSPS) is 32.8. The quantitative estimate of drug-likeness (QED) is 0.873. The van der Waals surface area contributed by atoms with E-state index in [4.69, 9.17) is 22.1 Å². The summed E-state index contributed by atoms with van der Waals surface area (Å²) < 4.78 is 33.1. The first-order chi connectivity index (χ1) is 9.40. The summed E-state index contributed by atoms with van der Waals surface area (Å²) in [7, 11) is -3.61. The third-order valence-electron chi connectivity index (χ3n) is 4.16. The first-order valence-electron chi connectivity index (χ1n) is 6.56. The van der Waals surface area contributed by atoms with Gasteiger partial charge in [-0.1, -0.05) is 11.6 Å². The number of halogens is 1. The lowest BCUT2D eigenvalue weighted by Crippen LogP contribution is -2.68. The van der Waals surface area contributed by atoms with Crippen molar-refractivity contribution in [3.05, 3.63) is 28.8 Å². The van der Waals surface area contributed by atoms with Crippen LogP contribution < -0.4 is 10.5 Å². The summed E-state index contributed by atoms with van der Waals surface area (Å²) in [6, 6.07) is 4.19. The van der Waals surface area contributed by atoms with Crippen molar-refractivity contribution in [2.75, 3.05) is 6.61 Å². The predicted octanol–water partition coefficient (Wildman–Crippen LogP) is 1.04. The van der Waals surface area contributed by atoms with E-state index < -0.39 is 10.0 Å². The zero-order valence-electron chi connectivity index (χ0n) is 11.0. The van der Waals surface area contributed by atoms with Gasteiger partial charge in [0.15, 0.2) is 0 Å². The number of nitrogens with two attached hydrogens (primary N) is 1. The number of benzene rings is 1. The zero-order valence-corrected chi connectivity index (χ0v) is 12.6. The molecule has 1 aliphatic heterocycles. The number of sulfonamides is 1. The van der Waals surface area contributed by atoms with Crippen LogP contribution in [0.15, 0.2) is 23.1 Å². The van der Waals surface area contributed by atoms with Crippen LogP contribution in [0.2, 0.25) is 5.02 Å². The Morgan fingerprint density at radius 1 is 1.45 bits per heavy atom. The van der Waals surface area contributed by atoms with E-state index in [0.717, 1.165) is 6.42 Å². The number of hydrogen-bond acceptors (Lipinski definition) is 4. The molecular weight excluding hydrogens is 300 g/mol. The van der Waals surface area contributed by atoms with Gasteiger partial charge < -0.3 is 10.5 Å². The largest absolute Gasteiger partial charge is 0.376 e. The van der Waals surface area contributed by atoms with E-state index in [9.17, 15) is 8.42 Å². The van der Waals surface area contributed by atoms with E-state index in [1.165, 1.54) is 6.07 Å². The van der Waals surface area contributed by atoms with E-state index >= 15 is 0 Å². The summed E-state index contributed by atoms with van der Waals surface area (Å²) >= 11 is 5.85. The van der Waals surface area contributed by atoms with Gasteiger partial charge in [-0.15, -0.1) is 0 Å². The lowest BCUT2D eigenvalue weighted by atomic mass is 9.73. The van der Waals surface area contributed by atoms with Crippen molar-refractivity contribution in [1.82, 2.24) is 4.72 Å². The maximum Gasteiger partial charge on any atom is 0.241 e. The summed E-state index contributed by atoms with van der Waals surface area (Å²) in [5.41, 5.74) is 6.64. The number of rotatable bonds is 3. The van der Waals surface area contributed by atoms with Crippen LogP contribution >= 0.6 is 11.6 Å². The van der Waals surface area contributed by atoms with Crippen LogP contribution in [0.4, 0.5) is 0 Å². The SMILES string of the molecule is Cc1cc(Cl)ccc1S(=O)(=O)NC1C(N)C2CCOC21. The van der Waals surface area contributed by atoms with Crippen molar-refractivity contribution < 1.29 is 13.2 Å². The molecule has 0 radical (unpaired) electrons. The molecule has 1 heterocycles. The minimum Gasteiger partial charge on any atom is -0.376 e. The maximum absolute atomic E-state index is 12.4. The molecule has 1 aliphatic carbocycles. The number of hydrogen-bond donors (Lipinski definition) is 2. The Morgan fingerprint density at radius 3 is 2.90 bits per heavy atom. The molecule has 4 atom stereocenters. The Bertz CT molecular complexity index is 635. The van der Waals surface area contributed by atoms with Gasteiger partial charge in [-0.3, -0.25) is 0 Å². The molecule has 1 aromatic carbocycles. The molecule has 7 heteroatoms. The van der Waals surface area contributed by atoms with Gasteiger partial charge in [0.2, 0.25) is 10.0 Å². The molecular formula is C13H17ClN2O3S. The second kappa shape index (κ2) is 4.96. The Balaban J connectivity index is 1.82. The van der Waals surface area contributed by atoms with Gasteiger partial charge >= 0.3 is 0 Å². The molecule has 110 valence electrons. The molecule has 4 unspecified atom stereocenters. The fraction of sp³-hybridized carbons (Fsp3) is 0.538. The third kappa shape index (κ3) is 2.25. The first kappa shape index (κ1) is 14.3. The van der Waals surface area contributed by atoms with Gasteiger partial charge in [-0.2, -0.15) is 0 Å². The smallest absolute Gasteiger partial charge is 0.241 e. The Kier molecular flexibility index (Phi) is 3.54. The molecule has 0 bridgehead atoms. The van der Waals surface area contributed by atoms with Crippen molar-refractivity contribution in [3.63, 3.8) is 0 Å². The van der Waals surface area contributed by atoms with Crippen LogP contribution in [-0.2, 0) is 14.8 Å². The van der Waals surface area contributed by atoms with E-state index in [1.54, 1.807) is 19.1 Å². The second-order valence-corrected chi connectivity index (χ2v) is 7.54. The lowest BCUT2D eigenvalue weighted by molar-refractivity contribution is -0.00924. The zero-order chi connectivity index (χ0) is 14.5. The first-order valence-corrected chi connectivity index (χ1v) is 8.42. The fourth-order valence-electron chi connectivity index (χ4n) is 3.05. The van der Waals surface area contributed by atoms with Crippen LogP contribution in [0.1, 0.15) is 12.0 Å². The minimum absolute atomic E-state index is 0.0904. The standard InChI is InChI=1S/C13H17ClN2O3S/c1-7-6-8(14)2-3-10(7)20(17,18)16-12-11(15)9-4-5-19-13(9)12/h2-3,6,9,11-13,16H,4-5,15H2,1H3.